The highest BCUT2D eigenvalue weighted by Crippen LogP contribution is 2.25. The second-order valence-corrected chi connectivity index (χ2v) is 5.34. The third-order valence-electron chi connectivity index (χ3n) is 2.54. The van der Waals surface area contributed by atoms with Gasteiger partial charge < -0.3 is 15.7 Å². The van der Waals surface area contributed by atoms with Crippen LogP contribution in [0.3, 0.4) is 0 Å². The summed E-state index contributed by atoms with van der Waals surface area (Å²) in [5.41, 5.74) is 1.30. The number of carboxylic acids is 1. The molecule has 0 aliphatic carbocycles. The minimum Gasteiger partial charge on any atom is -0.478 e. The van der Waals surface area contributed by atoms with Crippen molar-refractivity contribution in [3.8, 4) is 0 Å². The van der Waals surface area contributed by atoms with Crippen LogP contribution in [0, 0.1) is 0 Å². The van der Waals surface area contributed by atoms with Crippen LogP contribution in [-0.4, -0.2) is 16.2 Å². The van der Waals surface area contributed by atoms with E-state index in [0.29, 0.717) is 21.4 Å². The van der Waals surface area contributed by atoms with Crippen LogP contribution >= 0.6 is 35.4 Å². The van der Waals surface area contributed by atoms with Gasteiger partial charge in [0.1, 0.15) is 0 Å². The van der Waals surface area contributed by atoms with Crippen molar-refractivity contribution in [1.82, 2.24) is 0 Å². The molecule has 0 saturated heterocycles. The Kier molecular flexibility index (Phi) is 5.01. The number of rotatable bonds is 3. The monoisotopic (exact) mass is 340 g/mol. The largest absolute Gasteiger partial charge is 0.478 e. The van der Waals surface area contributed by atoms with Gasteiger partial charge in [0.2, 0.25) is 0 Å². The molecule has 0 unspecified atom stereocenters. The third-order valence-corrected chi connectivity index (χ3v) is 3.31. The molecule has 4 nitrogen and oxygen atoms in total. The van der Waals surface area contributed by atoms with Crippen molar-refractivity contribution in [1.29, 1.82) is 0 Å². The smallest absolute Gasteiger partial charge is 0.335 e. The molecule has 0 bridgehead atoms. The summed E-state index contributed by atoms with van der Waals surface area (Å²) in [7, 11) is 0. The van der Waals surface area contributed by atoms with E-state index in [1.54, 1.807) is 30.3 Å². The van der Waals surface area contributed by atoms with Crippen molar-refractivity contribution in [2.75, 3.05) is 10.6 Å². The number of anilines is 2. The number of benzene rings is 2. The second kappa shape index (κ2) is 6.76. The van der Waals surface area contributed by atoms with E-state index in [2.05, 4.69) is 10.6 Å². The number of halogens is 2. The normalized spacial score (nSPS) is 10.0. The van der Waals surface area contributed by atoms with Gasteiger partial charge in [-0.15, -0.1) is 0 Å². The quantitative estimate of drug-likeness (QED) is 0.718. The van der Waals surface area contributed by atoms with Gasteiger partial charge >= 0.3 is 5.97 Å². The van der Waals surface area contributed by atoms with Crippen molar-refractivity contribution >= 4 is 57.9 Å². The lowest BCUT2D eigenvalue weighted by Crippen LogP contribution is -2.19. The Labute approximate surface area is 136 Å². The highest BCUT2D eigenvalue weighted by Gasteiger charge is 2.06. The summed E-state index contributed by atoms with van der Waals surface area (Å²) >= 11 is 17.1. The fourth-order valence-electron chi connectivity index (χ4n) is 1.61. The number of hydrogen-bond donors (Lipinski definition) is 3. The highest BCUT2D eigenvalue weighted by molar-refractivity contribution is 7.80. The first-order valence-corrected chi connectivity index (χ1v) is 6.98. The van der Waals surface area contributed by atoms with Gasteiger partial charge in [-0.25, -0.2) is 4.79 Å². The molecule has 7 heteroatoms. The molecule has 0 aliphatic rings. The fraction of sp³-hybridized carbons (Fsp3) is 0. The van der Waals surface area contributed by atoms with Crippen LogP contribution < -0.4 is 10.6 Å². The Morgan fingerprint density at radius 3 is 2.57 bits per heavy atom. The average Bonchev–Trinajstić information content (AvgIpc) is 2.43. The van der Waals surface area contributed by atoms with Gasteiger partial charge in [-0.1, -0.05) is 29.3 Å². The van der Waals surface area contributed by atoms with Gasteiger partial charge in [0, 0.05) is 10.7 Å². The van der Waals surface area contributed by atoms with Crippen molar-refractivity contribution in [2.45, 2.75) is 0 Å². The minimum absolute atomic E-state index is 0.170. The van der Waals surface area contributed by atoms with Crippen molar-refractivity contribution in [2.24, 2.45) is 0 Å². The van der Waals surface area contributed by atoms with E-state index in [9.17, 15) is 4.79 Å². The molecule has 2 aromatic carbocycles. The van der Waals surface area contributed by atoms with Gasteiger partial charge in [0.15, 0.2) is 5.11 Å². The Bertz CT molecular complexity index is 707. The fourth-order valence-corrected chi connectivity index (χ4v) is 2.17. The van der Waals surface area contributed by atoms with E-state index in [1.165, 1.54) is 12.1 Å². The zero-order valence-electron chi connectivity index (χ0n) is 10.6. The molecule has 108 valence electrons. The molecule has 0 amide bonds. The average molecular weight is 341 g/mol. The third kappa shape index (κ3) is 4.32. The lowest BCUT2D eigenvalue weighted by Gasteiger charge is -2.12. The number of hydrogen-bond acceptors (Lipinski definition) is 2. The molecular weight excluding hydrogens is 331 g/mol. The molecule has 0 spiro atoms. The molecule has 3 N–H and O–H groups in total. The molecule has 0 atom stereocenters. The lowest BCUT2D eigenvalue weighted by atomic mass is 10.2. The van der Waals surface area contributed by atoms with Gasteiger partial charge in [-0.3, -0.25) is 0 Å². The molecule has 0 heterocycles. The summed E-state index contributed by atoms with van der Waals surface area (Å²) in [5, 5.41) is 16.0. The van der Waals surface area contributed by atoms with Gasteiger partial charge in [-0.05, 0) is 48.6 Å². The second-order valence-electron chi connectivity index (χ2n) is 4.09. The van der Waals surface area contributed by atoms with Crippen LogP contribution in [0.5, 0.6) is 0 Å². The van der Waals surface area contributed by atoms with Crippen LogP contribution in [0.15, 0.2) is 42.5 Å². The maximum absolute atomic E-state index is 10.9. The Hall–Kier alpha value is -1.82. The van der Waals surface area contributed by atoms with Crippen LogP contribution in [0.1, 0.15) is 10.4 Å². The summed E-state index contributed by atoms with van der Waals surface area (Å²) in [4.78, 5) is 10.9. The van der Waals surface area contributed by atoms with E-state index in [0.717, 1.165) is 0 Å². The molecule has 21 heavy (non-hydrogen) atoms. The maximum Gasteiger partial charge on any atom is 0.335 e. The van der Waals surface area contributed by atoms with E-state index < -0.39 is 5.97 Å². The first kappa shape index (κ1) is 15.6. The lowest BCUT2D eigenvalue weighted by molar-refractivity contribution is 0.0697. The summed E-state index contributed by atoms with van der Waals surface area (Å²) in [6, 6.07) is 11.3. The van der Waals surface area contributed by atoms with E-state index >= 15 is 0 Å². The molecular formula is C14H10Cl2N2O2S. The van der Waals surface area contributed by atoms with Crippen molar-refractivity contribution in [3.63, 3.8) is 0 Å². The van der Waals surface area contributed by atoms with Gasteiger partial charge in [0.05, 0.1) is 16.3 Å². The van der Waals surface area contributed by atoms with Gasteiger partial charge in [0.25, 0.3) is 0 Å². The highest BCUT2D eigenvalue weighted by atomic mass is 35.5. The predicted molar refractivity (Wildman–Crippen MR) is 89.7 cm³/mol. The molecule has 0 radical (unpaired) electrons. The van der Waals surface area contributed by atoms with E-state index in [1.807, 2.05) is 0 Å². The van der Waals surface area contributed by atoms with E-state index in [4.69, 9.17) is 40.5 Å². The van der Waals surface area contributed by atoms with Crippen LogP contribution in [0.2, 0.25) is 10.0 Å². The first-order valence-electron chi connectivity index (χ1n) is 5.82. The predicted octanol–water partition coefficient (Wildman–Crippen LogP) is 4.50. The van der Waals surface area contributed by atoms with Gasteiger partial charge in [-0.2, -0.15) is 0 Å². The number of thiocarbonyl (C=S) groups is 1. The standard InChI is InChI=1S/C14H10Cl2N2O2S/c15-9-4-5-11(16)12(7-9)18-14(21)17-10-3-1-2-8(6-10)13(19)20/h1-7H,(H,19,20)(H2,17,18,21). The zero-order valence-corrected chi connectivity index (χ0v) is 12.9. The number of carbonyl (C=O) groups is 1. The Morgan fingerprint density at radius 2 is 1.86 bits per heavy atom. The van der Waals surface area contributed by atoms with Crippen molar-refractivity contribution in [3.05, 3.63) is 58.1 Å². The summed E-state index contributed by atoms with van der Waals surface area (Å²) in [5.74, 6) is -1.00. The molecule has 0 fully saturated rings. The topological polar surface area (TPSA) is 61.4 Å². The van der Waals surface area contributed by atoms with Crippen molar-refractivity contribution < 1.29 is 9.90 Å². The summed E-state index contributed by atoms with van der Waals surface area (Å²) in [6.07, 6.45) is 0. The molecule has 2 aromatic rings. The number of aromatic carboxylic acids is 1. The summed E-state index contributed by atoms with van der Waals surface area (Å²) in [6.45, 7) is 0. The first-order chi connectivity index (χ1) is 9.95. The Morgan fingerprint density at radius 1 is 1.10 bits per heavy atom. The van der Waals surface area contributed by atoms with E-state index in [-0.39, 0.29) is 10.7 Å². The minimum atomic E-state index is -1.00. The summed E-state index contributed by atoms with van der Waals surface area (Å²) < 4.78 is 0. The zero-order chi connectivity index (χ0) is 15.4. The SMILES string of the molecule is O=C(O)c1cccc(NC(=S)Nc2cc(Cl)ccc2Cl)c1. The molecule has 2 rings (SSSR count). The molecule has 0 aliphatic heterocycles. The Balaban J connectivity index is 2.10. The molecule has 0 saturated carbocycles. The number of nitrogens with one attached hydrogen (secondary N) is 2. The maximum atomic E-state index is 10.9. The molecule has 0 aromatic heterocycles. The van der Waals surface area contributed by atoms with Crippen LogP contribution in [0.25, 0.3) is 0 Å². The van der Waals surface area contributed by atoms with Crippen LogP contribution in [-0.2, 0) is 0 Å². The number of carboxylic acid groups (broad SMARTS) is 1. The van der Waals surface area contributed by atoms with Crippen LogP contribution in [0.4, 0.5) is 11.4 Å².